The zero-order valence-electron chi connectivity index (χ0n) is 15.6. The normalized spacial score (nSPS) is 15.6. The smallest absolute Gasteiger partial charge is 0.240 e. The van der Waals surface area contributed by atoms with Crippen LogP contribution in [0.3, 0.4) is 0 Å². The monoisotopic (exact) mass is 388 g/mol. The highest BCUT2D eigenvalue weighted by atomic mass is 32.2. The van der Waals surface area contributed by atoms with Crippen LogP contribution in [0.5, 0.6) is 5.75 Å². The minimum Gasteiger partial charge on any atom is -0.493 e. The molecule has 1 heterocycles. The molecule has 1 fully saturated rings. The van der Waals surface area contributed by atoms with E-state index in [4.69, 9.17) is 4.74 Å². The van der Waals surface area contributed by atoms with Gasteiger partial charge in [-0.3, -0.25) is 0 Å². The molecule has 1 N–H and O–H groups in total. The first-order chi connectivity index (χ1) is 13.1. The van der Waals surface area contributed by atoms with E-state index in [0.29, 0.717) is 6.61 Å². The molecule has 6 heteroatoms. The predicted molar refractivity (Wildman–Crippen MR) is 107 cm³/mol. The lowest BCUT2D eigenvalue weighted by atomic mass is 10.1. The number of nitrogens with zero attached hydrogens (tertiary/aromatic N) is 1. The molecule has 0 saturated carbocycles. The van der Waals surface area contributed by atoms with Crippen molar-refractivity contribution in [2.75, 3.05) is 26.2 Å². The van der Waals surface area contributed by atoms with Crippen LogP contribution in [0.15, 0.2) is 59.5 Å². The number of hydrogen-bond acceptors (Lipinski definition) is 4. The molecular formula is C21H28N2O3S. The molecule has 0 unspecified atom stereocenters. The van der Waals surface area contributed by atoms with E-state index in [1.165, 1.54) is 32.4 Å². The first kappa shape index (κ1) is 19.9. The predicted octanol–water partition coefficient (Wildman–Crippen LogP) is 3.42. The molecule has 0 atom stereocenters. The van der Waals surface area contributed by atoms with Gasteiger partial charge in [-0.05, 0) is 50.6 Å². The third-order valence-electron chi connectivity index (χ3n) is 4.80. The number of ether oxygens (including phenoxy) is 1. The number of likely N-dealkylation sites (tertiary alicyclic amines) is 1. The van der Waals surface area contributed by atoms with Gasteiger partial charge in [-0.25, -0.2) is 13.1 Å². The highest BCUT2D eigenvalue weighted by Crippen LogP contribution is 2.19. The lowest BCUT2D eigenvalue weighted by Gasteiger charge is -2.26. The third-order valence-corrected chi connectivity index (χ3v) is 6.22. The van der Waals surface area contributed by atoms with Crippen LogP contribution < -0.4 is 9.46 Å². The largest absolute Gasteiger partial charge is 0.493 e. The maximum Gasteiger partial charge on any atom is 0.240 e. The minimum absolute atomic E-state index is 0.208. The standard InChI is InChI=1S/C21H28N2O3S/c24-27(25,20-11-3-1-4-12-20)22-18-19-10-5-6-13-21(19)26-17-9-16-23-14-7-2-8-15-23/h1,3-6,10-13,22H,2,7-9,14-18H2. The van der Waals surface area contributed by atoms with Gasteiger partial charge in [0.15, 0.2) is 0 Å². The molecule has 0 bridgehead atoms. The molecule has 0 aliphatic carbocycles. The molecule has 5 nitrogen and oxygen atoms in total. The van der Waals surface area contributed by atoms with E-state index < -0.39 is 10.0 Å². The molecule has 2 aromatic carbocycles. The molecule has 0 spiro atoms. The summed E-state index contributed by atoms with van der Waals surface area (Å²) in [6, 6.07) is 16.0. The Bertz CT molecular complexity index is 803. The minimum atomic E-state index is -3.53. The van der Waals surface area contributed by atoms with Crippen LogP contribution in [0, 0.1) is 0 Å². The van der Waals surface area contributed by atoms with Crippen LogP contribution in [0.2, 0.25) is 0 Å². The van der Waals surface area contributed by atoms with Crippen molar-refractivity contribution >= 4 is 10.0 Å². The van der Waals surface area contributed by atoms with Crippen molar-refractivity contribution in [2.24, 2.45) is 0 Å². The van der Waals surface area contributed by atoms with Gasteiger partial charge in [-0.2, -0.15) is 0 Å². The Morgan fingerprint density at radius 3 is 2.41 bits per heavy atom. The van der Waals surface area contributed by atoms with Crippen LogP contribution in [-0.4, -0.2) is 39.6 Å². The molecule has 27 heavy (non-hydrogen) atoms. The summed E-state index contributed by atoms with van der Waals surface area (Å²) in [5.74, 6) is 0.743. The van der Waals surface area contributed by atoms with Crippen molar-refractivity contribution in [1.82, 2.24) is 9.62 Å². The molecule has 0 aromatic heterocycles. The molecule has 2 aromatic rings. The second kappa shape index (κ2) is 9.88. The highest BCUT2D eigenvalue weighted by molar-refractivity contribution is 7.89. The fourth-order valence-corrected chi connectivity index (χ4v) is 4.33. The molecule has 3 rings (SSSR count). The Labute approximate surface area is 162 Å². The Morgan fingerprint density at radius 1 is 0.926 bits per heavy atom. The van der Waals surface area contributed by atoms with Crippen LogP contribution in [0.25, 0.3) is 0 Å². The first-order valence-corrected chi connectivity index (χ1v) is 11.1. The number of rotatable bonds is 9. The van der Waals surface area contributed by atoms with Gasteiger partial charge in [-0.1, -0.05) is 42.8 Å². The Hall–Kier alpha value is -1.89. The quantitative estimate of drug-likeness (QED) is 0.669. The van der Waals surface area contributed by atoms with E-state index in [0.717, 1.165) is 24.3 Å². The summed E-state index contributed by atoms with van der Waals surface area (Å²) in [5, 5.41) is 0. The number of sulfonamides is 1. The number of para-hydroxylation sites is 1. The molecule has 1 aliphatic rings. The average Bonchev–Trinajstić information content (AvgIpc) is 2.72. The van der Waals surface area contributed by atoms with Gasteiger partial charge in [0.25, 0.3) is 0 Å². The fourth-order valence-electron chi connectivity index (χ4n) is 3.30. The SMILES string of the molecule is O=S(=O)(NCc1ccccc1OCCCN1CCCCC1)c1ccccc1. The summed E-state index contributed by atoms with van der Waals surface area (Å²) >= 11 is 0. The lowest BCUT2D eigenvalue weighted by Crippen LogP contribution is -2.31. The van der Waals surface area contributed by atoms with Crippen LogP contribution in [-0.2, 0) is 16.6 Å². The summed E-state index contributed by atoms with van der Waals surface area (Å²) < 4.78 is 33.4. The molecule has 1 aliphatic heterocycles. The van der Waals surface area contributed by atoms with Gasteiger partial charge < -0.3 is 9.64 Å². The van der Waals surface area contributed by atoms with Gasteiger partial charge >= 0.3 is 0 Å². The zero-order chi connectivity index (χ0) is 19.0. The lowest BCUT2D eigenvalue weighted by molar-refractivity contribution is 0.204. The molecule has 0 amide bonds. The maximum atomic E-state index is 12.4. The van der Waals surface area contributed by atoms with Crippen molar-refractivity contribution in [3.63, 3.8) is 0 Å². The second-order valence-electron chi connectivity index (χ2n) is 6.85. The van der Waals surface area contributed by atoms with Crippen molar-refractivity contribution < 1.29 is 13.2 Å². The molecule has 1 saturated heterocycles. The summed E-state index contributed by atoms with van der Waals surface area (Å²) in [5.41, 5.74) is 0.843. The fraction of sp³-hybridized carbons (Fsp3) is 0.429. The number of benzene rings is 2. The van der Waals surface area contributed by atoms with E-state index in [1.807, 2.05) is 24.3 Å². The van der Waals surface area contributed by atoms with Gasteiger partial charge in [0.05, 0.1) is 11.5 Å². The van der Waals surface area contributed by atoms with E-state index in [9.17, 15) is 8.42 Å². The van der Waals surface area contributed by atoms with E-state index in [-0.39, 0.29) is 11.4 Å². The topological polar surface area (TPSA) is 58.6 Å². The average molecular weight is 389 g/mol. The Morgan fingerprint density at radius 2 is 1.63 bits per heavy atom. The van der Waals surface area contributed by atoms with Gasteiger partial charge in [0, 0.05) is 18.7 Å². The van der Waals surface area contributed by atoms with Gasteiger partial charge in [0.2, 0.25) is 10.0 Å². The maximum absolute atomic E-state index is 12.4. The first-order valence-electron chi connectivity index (χ1n) is 9.63. The van der Waals surface area contributed by atoms with Crippen molar-refractivity contribution in [3.8, 4) is 5.75 Å². The molecular weight excluding hydrogens is 360 g/mol. The van der Waals surface area contributed by atoms with Crippen molar-refractivity contribution in [1.29, 1.82) is 0 Å². The summed E-state index contributed by atoms with van der Waals surface area (Å²) in [4.78, 5) is 2.76. The van der Waals surface area contributed by atoms with Gasteiger partial charge in [0.1, 0.15) is 5.75 Å². The molecule has 0 radical (unpaired) electrons. The number of nitrogens with one attached hydrogen (secondary N) is 1. The highest BCUT2D eigenvalue weighted by Gasteiger charge is 2.14. The summed E-state index contributed by atoms with van der Waals surface area (Å²) in [7, 11) is -3.53. The van der Waals surface area contributed by atoms with Crippen LogP contribution >= 0.6 is 0 Å². The van der Waals surface area contributed by atoms with E-state index in [2.05, 4.69) is 9.62 Å². The summed E-state index contributed by atoms with van der Waals surface area (Å²) in [6.45, 7) is 4.29. The summed E-state index contributed by atoms with van der Waals surface area (Å²) in [6.07, 6.45) is 4.92. The zero-order valence-corrected chi connectivity index (χ0v) is 16.5. The van der Waals surface area contributed by atoms with Crippen molar-refractivity contribution in [2.45, 2.75) is 37.1 Å². The number of hydrogen-bond donors (Lipinski definition) is 1. The number of piperidine rings is 1. The van der Waals surface area contributed by atoms with Gasteiger partial charge in [-0.15, -0.1) is 0 Å². The van der Waals surface area contributed by atoms with Crippen LogP contribution in [0.1, 0.15) is 31.2 Å². The van der Waals surface area contributed by atoms with E-state index in [1.54, 1.807) is 30.3 Å². The van der Waals surface area contributed by atoms with Crippen LogP contribution in [0.4, 0.5) is 0 Å². The Balaban J connectivity index is 1.51. The second-order valence-corrected chi connectivity index (χ2v) is 8.62. The third kappa shape index (κ3) is 6.06. The Kier molecular flexibility index (Phi) is 7.26. The van der Waals surface area contributed by atoms with Crippen molar-refractivity contribution in [3.05, 3.63) is 60.2 Å². The molecule has 146 valence electrons. The van der Waals surface area contributed by atoms with E-state index >= 15 is 0 Å².